The second-order valence-electron chi connectivity index (χ2n) is 3.09. The third kappa shape index (κ3) is 2.27. The highest BCUT2D eigenvalue weighted by atomic mass is 16.6. The molecular formula is C8H6N4O5. The van der Waals surface area contributed by atoms with Crippen molar-refractivity contribution in [3.63, 3.8) is 0 Å². The fourth-order valence-electron chi connectivity index (χ4n) is 1.16. The number of amides is 3. The lowest BCUT2D eigenvalue weighted by atomic mass is 10.5. The van der Waals surface area contributed by atoms with E-state index in [2.05, 4.69) is 5.10 Å². The van der Waals surface area contributed by atoms with Crippen molar-refractivity contribution in [2.24, 2.45) is 5.10 Å². The number of carbonyl (C=O) groups is 2. The van der Waals surface area contributed by atoms with E-state index in [0.717, 1.165) is 17.3 Å². The molecule has 9 nitrogen and oxygen atoms in total. The summed E-state index contributed by atoms with van der Waals surface area (Å²) in [6, 6.07) is 1.85. The van der Waals surface area contributed by atoms with Crippen LogP contribution in [-0.2, 0) is 4.79 Å². The van der Waals surface area contributed by atoms with Gasteiger partial charge >= 0.3 is 11.9 Å². The summed E-state index contributed by atoms with van der Waals surface area (Å²) in [6.07, 6.45) is 1.12. The zero-order chi connectivity index (χ0) is 12.4. The van der Waals surface area contributed by atoms with Gasteiger partial charge in [0.1, 0.15) is 11.5 Å². The van der Waals surface area contributed by atoms with Crippen LogP contribution >= 0.6 is 0 Å². The number of carbonyl (C=O) groups excluding carboxylic acids is 2. The first kappa shape index (κ1) is 10.8. The highest BCUT2D eigenvalue weighted by Crippen LogP contribution is 2.14. The van der Waals surface area contributed by atoms with Crippen molar-refractivity contribution in [1.29, 1.82) is 0 Å². The van der Waals surface area contributed by atoms with Crippen molar-refractivity contribution in [3.8, 4) is 0 Å². The van der Waals surface area contributed by atoms with Gasteiger partial charge in [0.05, 0.1) is 12.3 Å². The van der Waals surface area contributed by atoms with E-state index in [1.807, 2.05) is 5.32 Å². The molecule has 2 heterocycles. The molecule has 9 heteroatoms. The summed E-state index contributed by atoms with van der Waals surface area (Å²) in [5.74, 6) is -0.769. The van der Waals surface area contributed by atoms with Crippen LogP contribution in [0.2, 0.25) is 0 Å². The summed E-state index contributed by atoms with van der Waals surface area (Å²) in [5.41, 5.74) is 0. The number of nitrogens with one attached hydrogen (secondary N) is 1. The Morgan fingerprint density at radius 2 is 2.29 bits per heavy atom. The summed E-state index contributed by atoms with van der Waals surface area (Å²) in [4.78, 5) is 31.5. The number of urea groups is 1. The quantitative estimate of drug-likeness (QED) is 0.264. The first-order valence-corrected chi connectivity index (χ1v) is 4.46. The lowest BCUT2D eigenvalue weighted by Gasteiger charge is -2.02. The fraction of sp³-hybridized carbons (Fsp3) is 0.125. The number of hydrogen-bond acceptors (Lipinski definition) is 6. The lowest BCUT2D eigenvalue weighted by Crippen LogP contribution is -2.24. The van der Waals surface area contributed by atoms with Crippen LogP contribution in [0.25, 0.3) is 0 Å². The fourth-order valence-corrected chi connectivity index (χ4v) is 1.16. The number of rotatable bonds is 3. The normalized spacial score (nSPS) is 15.6. The molecular weight excluding hydrogens is 235 g/mol. The number of hydrazone groups is 1. The van der Waals surface area contributed by atoms with E-state index in [4.69, 9.17) is 4.42 Å². The molecule has 1 aliphatic heterocycles. The molecule has 1 saturated heterocycles. The maximum Gasteiger partial charge on any atom is 0.433 e. The molecule has 88 valence electrons. The van der Waals surface area contributed by atoms with E-state index < -0.39 is 22.7 Å². The zero-order valence-corrected chi connectivity index (χ0v) is 8.32. The Kier molecular flexibility index (Phi) is 2.57. The summed E-state index contributed by atoms with van der Waals surface area (Å²) in [5, 5.41) is 16.9. The Balaban J connectivity index is 2.07. The van der Waals surface area contributed by atoms with E-state index in [0.29, 0.717) is 0 Å². The average Bonchev–Trinajstić information content (AvgIpc) is 2.82. The van der Waals surface area contributed by atoms with Crippen LogP contribution < -0.4 is 5.32 Å². The van der Waals surface area contributed by atoms with E-state index in [1.54, 1.807) is 0 Å². The number of imide groups is 1. The molecule has 3 amide bonds. The van der Waals surface area contributed by atoms with Crippen LogP contribution in [0, 0.1) is 10.1 Å². The van der Waals surface area contributed by atoms with Gasteiger partial charge in [0.15, 0.2) is 5.76 Å². The van der Waals surface area contributed by atoms with Gasteiger partial charge in [-0.25, -0.2) is 9.80 Å². The van der Waals surface area contributed by atoms with Gasteiger partial charge in [-0.05, 0) is 6.07 Å². The predicted octanol–water partition coefficient (Wildman–Crippen LogP) is 0.0735. The van der Waals surface area contributed by atoms with Gasteiger partial charge in [0, 0.05) is 0 Å². The number of nitro groups is 1. The van der Waals surface area contributed by atoms with E-state index >= 15 is 0 Å². The van der Waals surface area contributed by atoms with Gasteiger partial charge in [-0.15, -0.1) is 0 Å². The van der Waals surface area contributed by atoms with Gasteiger partial charge < -0.3 is 4.42 Å². The molecule has 0 radical (unpaired) electrons. The van der Waals surface area contributed by atoms with Crippen molar-refractivity contribution in [1.82, 2.24) is 10.3 Å². The average molecular weight is 241 g/mol. The highest BCUT2D eigenvalue weighted by molar-refractivity contribution is 6.02. The van der Waals surface area contributed by atoms with Crippen LogP contribution in [0.4, 0.5) is 10.7 Å². The predicted molar refractivity (Wildman–Crippen MR) is 53.2 cm³/mol. The topological polar surface area (TPSA) is 118 Å². The van der Waals surface area contributed by atoms with Gasteiger partial charge in [-0.1, -0.05) is 0 Å². The van der Waals surface area contributed by atoms with E-state index in [1.165, 1.54) is 6.07 Å². The summed E-state index contributed by atoms with van der Waals surface area (Å²) in [6.45, 7) is -0.182. The van der Waals surface area contributed by atoms with Crippen molar-refractivity contribution >= 4 is 24.0 Å². The van der Waals surface area contributed by atoms with Crippen molar-refractivity contribution in [3.05, 3.63) is 28.0 Å². The van der Waals surface area contributed by atoms with Gasteiger partial charge in [0.2, 0.25) is 5.91 Å². The minimum Gasteiger partial charge on any atom is -0.400 e. The Hall–Kier alpha value is -2.71. The van der Waals surface area contributed by atoms with E-state index in [-0.39, 0.29) is 12.3 Å². The van der Waals surface area contributed by atoms with Gasteiger partial charge in [0.25, 0.3) is 0 Å². The van der Waals surface area contributed by atoms with Crippen LogP contribution in [0.1, 0.15) is 5.76 Å². The van der Waals surface area contributed by atoms with Crippen LogP contribution in [0.3, 0.4) is 0 Å². The largest absolute Gasteiger partial charge is 0.433 e. The van der Waals surface area contributed by atoms with Gasteiger partial charge in [-0.3, -0.25) is 20.2 Å². The molecule has 1 aliphatic rings. The van der Waals surface area contributed by atoms with Crippen LogP contribution in [0.15, 0.2) is 21.7 Å². The zero-order valence-electron chi connectivity index (χ0n) is 8.32. The lowest BCUT2D eigenvalue weighted by molar-refractivity contribution is -0.402. The maximum absolute atomic E-state index is 11.1. The molecule has 2 rings (SSSR count). The van der Waals surface area contributed by atoms with Crippen LogP contribution in [0.5, 0.6) is 0 Å². The molecule has 1 aromatic rings. The standard InChI is InChI=1S/C8H6N4O5/c13-6-4-11(8(14)10-6)9-3-5-1-2-7(17-5)12(15)16/h1-3H,4H2,(H,10,13,14)/i4+1,6+1,8+1. The highest BCUT2D eigenvalue weighted by Gasteiger charge is 2.26. The molecule has 1 N–H and O–H groups in total. The maximum atomic E-state index is 11.1. The monoisotopic (exact) mass is 241 g/mol. The molecule has 0 saturated carbocycles. The second kappa shape index (κ2) is 4.04. The third-order valence-corrected chi connectivity index (χ3v) is 1.89. The summed E-state index contributed by atoms with van der Waals surface area (Å²) >= 11 is 0. The smallest absolute Gasteiger partial charge is 0.400 e. The first-order chi connectivity index (χ1) is 8.06. The molecule has 1 fully saturated rings. The Morgan fingerprint density at radius 1 is 1.53 bits per heavy atom. The minimum atomic E-state index is -0.691. The minimum absolute atomic E-state index is 0.115. The molecule has 0 aromatic carbocycles. The van der Waals surface area contributed by atoms with Crippen molar-refractivity contribution in [2.75, 3.05) is 6.54 Å². The molecule has 0 unspecified atom stereocenters. The third-order valence-electron chi connectivity index (χ3n) is 1.89. The Labute approximate surface area is 93.8 Å². The molecule has 0 aliphatic carbocycles. The molecule has 0 bridgehead atoms. The van der Waals surface area contributed by atoms with Crippen LogP contribution in [-0.4, -0.2) is 34.6 Å². The first-order valence-electron chi connectivity index (χ1n) is 4.46. The Bertz CT molecular complexity index is 520. The van der Waals surface area contributed by atoms with Crippen molar-refractivity contribution < 1.29 is 18.9 Å². The number of nitrogens with zero attached hydrogens (tertiary/aromatic N) is 3. The summed E-state index contributed by atoms with van der Waals surface area (Å²) in [7, 11) is 0. The van der Waals surface area contributed by atoms with E-state index in [9.17, 15) is 19.7 Å². The van der Waals surface area contributed by atoms with Crippen molar-refractivity contribution in [2.45, 2.75) is 0 Å². The number of furan rings is 1. The SMILES string of the molecule is O=[13C]1[13CH2]N(N=Cc2ccc([N+](=O)[O-])o2)[13C](=O)N1. The molecule has 17 heavy (non-hydrogen) atoms. The summed E-state index contributed by atoms with van der Waals surface area (Å²) < 4.78 is 4.78. The second-order valence-corrected chi connectivity index (χ2v) is 3.09. The molecule has 1 aromatic heterocycles. The Morgan fingerprint density at radius 3 is 2.82 bits per heavy atom. The molecule has 0 atom stereocenters. The molecule has 0 spiro atoms. The number of hydrogen-bond donors (Lipinski definition) is 1. The van der Waals surface area contributed by atoms with Gasteiger partial charge in [-0.2, -0.15) is 5.10 Å².